The highest BCUT2D eigenvalue weighted by Crippen LogP contribution is 2.35. The quantitative estimate of drug-likeness (QED) is 0.546. The summed E-state index contributed by atoms with van der Waals surface area (Å²) in [5.74, 6) is -0.285. The van der Waals surface area contributed by atoms with Crippen molar-refractivity contribution >= 4 is 34.8 Å². The molecule has 0 aliphatic carbocycles. The molecule has 2 heterocycles. The van der Waals surface area contributed by atoms with E-state index >= 15 is 0 Å². The Kier molecular flexibility index (Phi) is 5.56. The van der Waals surface area contributed by atoms with Crippen LogP contribution in [0.2, 0.25) is 5.02 Å². The largest absolute Gasteiger partial charge is 0.476 e. The van der Waals surface area contributed by atoms with E-state index in [0.29, 0.717) is 37.7 Å². The molecular formula is C20H18ClN3O6. The molecule has 156 valence electrons. The van der Waals surface area contributed by atoms with Crippen molar-refractivity contribution in [3.63, 3.8) is 0 Å². The normalized spacial score (nSPS) is 18.4. The minimum absolute atomic E-state index is 0.000641. The summed E-state index contributed by atoms with van der Waals surface area (Å²) in [6.07, 6.45) is -0.876. The van der Waals surface area contributed by atoms with Crippen LogP contribution in [0.25, 0.3) is 0 Å². The molecule has 4 rings (SSSR count). The Labute approximate surface area is 176 Å². The standard InChI is InChI=1S/C20H18ClN3O6/c21-15-11-13(24(27)28)5-6-14(15)19(25)23-12-18(20(26)22-7-9-29-10-8-22)30-17-4-2-1-3-16(17)23/h1-6,11,18H,7-10,12H2/t18-/m1/s1. The minimum atomic E-state index is -0.876. The number of non-ortho nitro benzene ring substituents is 1. The molecule has 0 bridgehead atoms. The van der Waals surface area contributed by atoms with Crippen molar-refractivity contribution < 1.29 is 24.0 Å². The molecule has 1 saturated heterocycles. The number of nitro benzene ring substituents is 1. The van der Waals surface area contributed by atoms with Crippen molar-refractivity contribution in [1.29, 1.82) is 0 Å². The molecule has 30 heavy (non-hydrogen) atoms. The van der Waals surface area contributed by atoms with E-state index in [-0.39, 0.29) is 28.7 Å². The molecule has 9 nitrogen and oxygen atoms in total. The molecule has 2 aromatic carbocycles. The van der Waals surface area contributed by atoms with E-state index in [0.717, 1.165) is 6.07 Å². The van der Waals surface area contributed by atoms with Crippen LogP contribution in [0.3, 0.4) is 0 Å². The van der Waals surface area contributed by atoms with Crippen molar-refractivity contribution in [3.8, 4) is 5.75 Å². The van der Waals surface area contributed by atoms with E-state index in [1.165, 1.54) is 17.0 Å². The summed E-state index contributed by atoms with van der Waals surface area (Å²) >= 11 is 6.16. The van der Waals surface area contributed by atoms with Gasteiger partial charge in [0.2, 0.25) is 0 Å². The molecule has 1 fully saturated rings. The highest BCUT2D eigenvalue weighted by Gasteiger charge is 2.37. The topological polar surface area (TPSA) is 102 Å². The average molecular weight is 432 g/mol. The number of morpholine rings is 1. The van der Waals surface area contributed by atoms with E-state index in [9.17, 15) is 19.7 Å². The Balaban J connectivity index is 1.65. The fourth-order valence-electron chi connectivity index (χ4n) is 3.48. The number of halogens is 1. The minimum Gasteiger partial charge on any atom is -0.476 e. The van der Waals surface area contributed by atoms with Crippen LogP contribution in [0.5, 0.6) is 5.75 Å². The molecule has 0 spiro atoms. The first-order chi connectivity index (χ1) is 14.5. The maximum atomic E-state index is 13.3. The number of nitrogens with zero attached hydrogens (tertiary/aromatic N) is 3. The van der Waals surface area contributed by atoms with Gasteiger partial charge in [-0.2, -0.15) is 0 Å². The molecule has 1 atom stereocenters. The molecule has 2 aliphatic heterocycles. The van der Waals surface area contributed by atoms with Gasteiger partial charge in [-0.25, -0.2) is 0 Å². The Morgan fingerprint density at radius 3 is 2.57 bits per heavy atom. The van der Waals surface area contributed by atoms with Crippen molar-refractivity contribution in [2.45, 2.75) is 6.10 Å². The number of benzene rings is 2. The third-order valence-corrected chi connectivity index (χ3v) is 5.32. The lowest BCUT2D eigenvalue weighted by Crippen LogP contribution is -2.54. The van der Waals surface area contributed by atoms with E-state index in [1.807, 2.05) is 0 Å². The van der Waals surface area contributed by atoms with Gasteiger partial charge >= 0.3 is 0 Å². The number of para-hydroxylation sites is 2. The van der Waals surface area contributed by atoms with Crippen LogP contribution in [-0.2, 0) is 9.53 Å². The van der Waals surface area contributed by atoms with Gasteiger partial charge in [0.15, 0.2) is 6.10 Å². The van der Waals surface area contributed by atoms with Gasteiger partial charge in [-0.15, -0.1) is 0 Å². The molecule has 2 amide bonds. The molecule has 0 aromatic heterocycles. The van der Waals surface area contributed by atoms with Crippen molar-refractivity contribution in [2.24, 2.45) is 0 Å². The lowest BCUT2D eigenvalue weighted by atomic mass is 10.1. The number of ether oxygens (including phenoxy) is 2. The fourth-order valence-corrected chi connectivity index (χ4v) is 3.73. The monoisotopic (exact) mass is 431 g/mol. The summed E-state index contributed by atoms with van der Waals surface area (Å²) in [5, 5.41) is 10.9. The molecule has 2 aliphatic rings. The summed E-state index contributed by atoms with van der Waals surface area (Å²) in [4.78, 5) is 39.7. The predicted molar refractivity (Wildman–Crippen MR) is 108 cm³/mol. The third-order valence-electron chi connectivity index (χ3n) is 5.01. The van der Waals surface area contributed by atoms with Gasteiger partial charge < -0.3 is 19.3 Å². The molecule has 2 aromatic rings. The highest BCUT2D eigenvalue weighted by atomic mass is 35.5. The van der Waals surface area contributed by atoms with Gasteiger partial charge in [-0.1, -0.05) is 23.7 Å². The lowest BCUT2D eigenvalue weighted by molar-refractivity contribution is -0.384. The second-order valence-corrected chi connectivity index (χ2v) is 7.26. The second kappa shape index (κ2) is 8.29. The number of carbonyl (C=O) groups is 2. The summed E-state index contributed by atoms with van der Waals surface area (Å²) in [6, 6.07) is 10.6. The third kappa shape index (κ3) is 3.81. The Morgan fingerprint density at radius 1 is 1.13 bits per heavy atom. The SMILES string of the molecule is O=C([C@H]1CN(C(=O)c2ccc([N+](=O)[O-])cc2Cl)c2ccccc2O1)N1CCOCC1. The molecular weight excluding hydrogens is 414 g/mol. The van der Waals surface area contributed by atoms with Gasteiger partial charge in [-0.3, -0.25) is 19.7 Å². The zero-order valence-electron chi connectivity index (χ0n) is 15.8. The van der Waals surface area contributed by atoms with E-state index in [1.54, 1.807) is 29.2 Å². The number of hydrogen-bond acceptors (Lipinski definition) is 6. The van der Waals surface area contributed by atoms with Gasteiger partial charge in [-0.05, 0) is 18.2 Å². The summed E-state index contributed by atoms with van der Waals surface area (Å²) < 4.78 is 11.2. The Bertz CT molecular complexity index is 1010. The van der Waals surface area contributed by atoms with E-state index < -0.39 is 16.9 Å². The van der Waals surface area contributed by atoms with Gasteiger partial charge in [0.25, 0.3) is 17.5 Å². The number of anilines is 1. The number of carbonyl (C=O) groups excluding carboxylic acids is 2. The summed E-state index contributed by atoms with van der Waals surface area (Å²) in [7, 11) is 0. The van der Waals surface area contributed by atoms with Crippen LogP contribution >= 0.6 is 11.6 Å². The average Bonchev–Trinajstić information content (AvgIpc) is 2.77. The number of hydrogen-bond donors (Lipinski definition) is 0. The van der Waals surface area contributed by atoms with Gasteiger partial charge in [0.05, 0.1) is 41.0 Å². The number of rotatable bonds is 3. The van der Waals surface area contributed by atoms with Crippen molar-refractivity contribution in [2.75, 3.05) is 37.7 Å². The Hall–Kier alpha value is -3.17. The van der Waals surface area contributed by atoms with E-state index in [2.05, 4.69) is 0 Å². The molecule has 0 unspecified atom stereocenters. The fraction of sp³-hybridized carbons (Fsp3) is 0.300. The second-order valence-electron chi connectivity index (χ2n) is 6.85. The van der Waals surface area contributed by atoms with Gasteiger partial charge in [0.1, 0.15) is 5.75 Å². The van der Waals surface area contributed by atoms with Crippen LogP contribution in [0.15, 0.2) is 42.5 Å². The smallest absolute Gasteiger partial charge is 0.270 e. The van der Waals surface area contributed by atoms with Gasteiger partial charge in [0, 0.05) is 25.2 Å². The molecule has 10 heteroatoms. The van der Waals surface area contributed by atoms with E-state index in [4.69, 9.17) is 21.1 Å². The molecule has 0 saturated carbocycles. The van der Waals surface area contributed by atoms with Crippen LogP contribution in [-0.4, -0.2) is 60.6 Å². The zero-order chi connectivity index (χ0) is 21.3. The van der Waals surface area contributed by atoms with Crippen molar-refractivity contribution in [1.82, 2.24) is 4.90 Å². The maximum absolute atomic E-state index is 13.3. The summed E-state index contributed by atoms with van der Waals surface area (Å²) in [6.45, 7) is 1.83. The first-order valence-corrected chi connectivity index (χ1v) is 9.71. The molecule has 0 radical (unpaired) electrons. The first-order valence-electron chi connectivity index (χ1n) is 9.33. The van der Waals surface area contributed by atoms with Crippen LogP contribution in [0, 0.1) is 10.1 Å². The lowest BCUT2D eigenvalue weighted by Gasteiger charge is -2.37. The Morgan fingerprint density at radius 2 is 1.87 bits per heavy atom. The summed E-state index contributed by atoms with van der Waals surface area (Å²) in [5.41, 5.74) is 0.402. The first kappa shape index (κ1) is 20.1. The molecule has 0 N–H and O–H groups in total. The highest BCUT2D eigenvalue weighted by molar-refractivity contribution is 6.34. The van der Waals surface area contributed by atoms with Crippen LogP contribution in [0.1, 0.15) is 10.4 Å². The maximum Gasteiger partial charge on any atom is 0.270 e. The van der Waals surface area contributed by atoms with Crippen molar-refractivity contribution in [3.05, 3.63) is 63.2 Å². The number of fused-ring (bicyclic) bond motifs is 1. The number of amides is 2. The number of nitro groups is 1. The zero-order valence-corrected chi connectivity index (χ0v) is 16.6. The predicted octanol–water partition coefficient (Wildman–Crippen LogP) is 2.51. The van der Waals surface area contributed by atoms with Crippen LogP contribution in [0.4, 0.5) is 11.4 Å². The van der Waals surface area contributed by atoms with Crippen LogP contribution < -0.4 is 9.64 Å².